The SMILES string of the molecule is C[NH+](CCOc1ccc(Cl)cc1)CC(=O)NCCc1ccccc1. The summed E-state index contributed by atoms with van der Waals surface area (Å²) in [6.45, 7) is 2.43. The zero-order valence-electron chi connectivity index (χ0n) is 13.9. The Morgan fingerprint density at radius 1 is 1.12 bits per heavy atom. The Kier molecular flexibility index (Phi) is 7.59. The second-order valence-electron chi connectivity index (χ2n) is 5.77. The number of rotatable bonds is 9. The van der Waals surface area contributed by atoms with Gasteiger partial charge in [-0.15, -0.1) is 0 Å². The van der Waals surface area contributed by atoms with Gasteiger partial charge in [-0.3, -0.25) is 4.79 Å². The molecule has 0 saturated heterocycles. The monoisotopic (exact) mass is 347 g/mol. The summed E-state index contributed by atoms with van der Waals surface area (Å²) in [6, 6.07) is 17.4. The van der Waals surface area contributed by atoms with Crippen LogP contribution in [0.2, 0.25) is 5.02 Å². The fourth-order valence-electron chi connectivity index (χ4n) is 2.29. The Balaban J connectivity index is 1.58. The van der Waals surface area contributed by atoms with Gasteiger partial charge in [0, 0.05) is 11.6 Å². The molecule has 0 bridgehead atoms. The lowest BCUT2D eigenvalue weighted by Gasteiger charge is -2.14. The van der Waals surface area contributed by atoms with Crippen molar-refractivity contribution < 1.29 is 14.4 Å². The maximum Gasteiger partial charge on any atom is 0.275 e. The number of likely N-dealkylation sites (N-methyl/N-ethyl adjacent to an activating group) is 1. The molecule has 24 heavy (non-hydrogen) atoms. The minimum Gasteiger partial charge on any atom is -0.488 e. The number of ether oxygens (including phenoxy) is 1. The van der Waals surface area contributed by atoms with Gasteiger partial charge >= 0.3 is 0 Å². The first-order valence-corrected chi connectivity index (χ1v) is 8.51. The summed E-state index contributed by atoms with van der Waals surface area (Å²) in [7, 11) is 1.99. The van der Waals surface area contributed by atoms with Crippen LogP contribution in [0.4, 0.5) is 0 Å². The van der Waals surface area contributed by atoms with E-state index in [1.807, 2.05) is 37.4 Å². The average Bonchev–Trinajstić information content (AvgIpc) is 2.57. The molecule has 0 aliphatic carbocycles. The lowest BCUT2D eigenvalue weighted by Crippen LogP contribution is -3.10. The molecule has 1 atom stereocenters. The topological polar surface area (TPSA) is 42.8 Å². The van der Waals surface area contributed by atoms with Gasteiger partial charge in [-0.05, 0) is 36.2 Å². The van der Waals surface area contributed by atoms with Crippen LogP contribution >= 0.6 is 11.6 Å². The van der Waals surface area contributed by atoms with Crippen molar-refractivity contribution in [3.8, 4) is 5.75 Å². The van der Waals surface area contributed by atoms with E-state index in [1.54, 1.807) is 12.1 Å². The highest BCUT2D eigenvalue weighted by molar-refractivity contribution is 6.30. The molecule has 5 heteroatoms. The number of amides is 1. The van der Waals surface area contributed by atoms with Crippen molar-refractivity contribution in [3.63, 3.8) is 0 Å². The molecule has 0 saturated carbocycles. The molecule has 1 amide bonds. The van der Waals surface area contributed by atoms with Gasteiger partial charge in [-0.25, -0.2) is 0 Å². The molecular weight excluding hydrogens is 324 g/mol. The van der Waals surface area contributed by atoms with Crippen LogP contribution in [0.5, 0.6) is 5.75 Å². The molecule has 2 aromatic rings. The number of quaternary nitrogens is 1. The molecule has 0 heterocycles. The summed E-state index contributed by atoms with van der Waals surface area (Å²) in [5.74, 6) is 0.856. The van der Waals surface area contributed by atoms with Gasteiger partial charge in [0.05, 0.1) is 7.05 Å². The van der Waals surface area contributed by atoms with E-state index < -0.39 is 0 Å². The van der Waals surface area contributed by atoms with Gasteiger partial charge in [0.2, 0.25) is 0 Å². The highest BCUT2D eigenvalue weighted by Crippen LogP contribution is 2.14. The number of hydrogen-bond acceptors (Lipinski definition) is 2. The van der Waals surface area contributed by atoms with E-state index in [-0.39, 0.29) is 5.91 Å². The second-order valence-corrected chi connectivity index (χ2v) is 6.21. The third-order valence-electron chi connectivity index (χ3n) is 3.65. The normalized spacial score (nSPS) is 11.8. The van der Waals surface area contributed by atoms with Crippen LogP contribution < -0.4 is 15.0 Å². The van der Waals surface area contributed by atoms with E-state index in [0.29, 0.717) is 24.7 Å². The molecular formula is C19H24ClN2O2+. The third-order valence-corrected chi connectivity index (χ3v) is 3.90. The van der Waals surface area contributed by atoms with E-state index >= 15 is 0 Å². The first-order chi connectivity index (χ1) is 11.6. The quantitative estimate of drug-likeness (QED) is 0.723. The van der Waals surface area contributed by atoms with Crippen LogP contribution in [-0.2, 0) is 11.2 Å². The van der Waals surface area contributed by atoms with Gasteiger partial charge < -0.3 is 15.0 Å². The Morgan fingerprint density at radius 3 is 2.54 bits per heavy atom. The zero-order chi connectivity index (χ0) is 17.2. The highest BCUT2D eigenvalue weighted by atomic mass is 35.5. The van der Waals surface area contributed by atoms with Crippen molar-refractivity contribution in [3.05, 3.63) is 65.2 Å². The molecule has 0 fully saturated rings. The minimum atomic E-state index is 0.0647. The van der Waals surface area contributed by atoms with Crippen LogP contribution in [-0.4, -0.2) is 39.2 Å². The van der Waals surface area contributed by atoms with Crippen molar-refractivity contribution in [1.82, 2.24) is 5.32 Å². The first-order valence-electron chi connectivity index (χ1n) is 8.14. The molecule has 2 N–H and O–H groups in total. The smallest absolute Gasteiger partial charge is 0.275 e. The summed E-state index contributed by atoms with van der Waals surface area (Å²) in [6.07, 6.45) is 0.852. The maximum atomic E-state index is 11.9. The number of carbonyl (C=O) groups is 1. The molecule has 0 aromatic heterocycles. The molecule has 4 nitrogen and oxygen atoms in total. The molecule has 0 aliphatic rings. The van der Waals surface area contributed by atoms with Gasteiger partial charge in [-0.2, -0.15) is 0 Å². The van der Waals surface area contributed by atoms with Crippen molar-refractivity contribution in [1.29, 1.82) is 0 Å². The highest BCUT2D eigenvalue weighted by Gasteiger charge is 2.09. The lowest BCUT2D eigenvalue weighted by molar-refractivity contribution is -0.871. The number of carbonyl (C=O) groups excluding carboxylic acids is 1. The minimum absolute atomic E-state index is 0.0647. The van der Waals surface area contributed by atoms with Crippen molar-refractivity contribution >= 4 is 17.5 Å². The van der Waals surface area contributed by atoms with E-state index in [1.165, 1.54) is 5.56 Å². The summed E-state index contributed by atoms with van der Waals surface area (Å²) in [5, 5.41) is 3.65. The molecule has 0 aliphatic heterocycles. The van der Waals surface area contributed by atoms with Crippen LogP contribution in [0.25, 0.3) is 0 Å². The Hall–Kier alpha value is -2.04. The molecule has 1 unspecified atom stereocenters. The lowest BCUT2D eigenvalue weighted by atomic mass is 10.1. The zero-order valence-corrected chi connectivity index (χ0v) is 14.7. The van der Waals surface area contributed by atoms with E-state index in [4.69, 9.17) is 16.3 Å². The van der Waals surface area contributed by atoms with Crippen LogP contribution in [0, 0.1) is 0 Å². The van der Waals surface area contributed by atoms with Crippen LogP contribution in [0.15, 0.2) is 54.6 Å². The summed E-state index contributed by atoms with van der Waals surface area (Å²) in [5.41, 5.74) is 1.23. The predicted octanol–water partition coefficient (Wildman–Crippen LogP) is 1.59. The van der Waals surface area contributed by atoms with Gasteiger partial charge in [0.15, 0.2) is 6.54 Å². The van der Waals surface area contributed by atoms with Crippen LogP contribution in [0.1, 0.15) is 5.56 Å². The summed E-state index contributed by atoms with van der Waals surface area (Å²) < 4.78 is 5.64. The largest absolute Gasteiger partial charge is 0.488 e. The molecule has 2 aromatic carbocycles. The average molecular weight is 348 g/mol. The first kappa shape index (κ1) is 18.3. The standard InChI is InChI=1S/C19H23ClN2O2/c1-22(13-14-24-18-9-7-17(20)8-10-18)15-19(23)21-12-11-16-5-3-2-4-6-16/h2-10H,11-15H2,1H3,(H,21,23)/p+1. The molecule has 2 rings (SSSR count). The number of nitrogens with one attached hydrogen (secondary N) is 2. The number of halogens is 1. The summed E-state index contributed by atoms with van der Waals surface area (Å²) >= 11 is 5.83. The number of benzene rings is 2. The van der Waals surface area contributed by atoms with Crippen LogP contribution in [0.3, 0.4) is 0 Å². The third kappa shape index (κ3) is 7.02. The van der Waals surface area contributed by atoms with Crippen molar-refractivity contribution in [2.24, 2.45) is 0 Å². The fourth-order valence-corrected chi connectivity index (χ4v) is 2.42. The fraction of sp³-hybridized carbons (Fsp3) is 0.316. The molecule has 0 radical (unpaired) electrons. The van der Waals surface area contributed by atoms with Gasteiger partial charge in [-0.1, -0.05) is 41.9 Å². The Labute approximate surface area is 148 Å². The van der Waals surface area contributed by atoms with Gasteiger partial charge in [0.25, 0.3) is 5.91 Å². The molecule has 128 valence electrons. The Morgan fingerprint density at radius 2 is 1.83 bits per heavy atom. The predicted molar refractivity (Wildman–Crippen MR) is 96.7 cm³/mol. The van der Waals surface area contributed by atoms with Gasteiger partial charge in [0.1, 0.15) is 18.9 Å². The van der Waals surface area contributed by atoms with E-state index in [2.05, 4.69) is 17.4 Å². The van der Waals surface area contributed by atoms with E-state index in [9.17, 15) is 4.79 Å². The Bertz CT molecular complexity index is 617. The second kappa shape index (κ2) is 9.96. The number of hydrogen-bond donors (Lipinski definition) is 2. The van der Waals surface area contributed by atoms with E-state index in [0.717, 1.165) is 23.6 Å². The maximum absolute atomic E-state index is 11.9. The van der Waals surface area contributed by atoms with Crippen molar-refractivity contribution in [2.75, 3.05) is 33.3 Å². The summed E-state index contributed by atoms with van der Waals surface area (Å²) in [4.78, 5) is 13.0. The van der Waals surface area contributed by atoms with Crippen molar-refractivity contribution in [2.45, 2.75) is 6.42 Å². The molecule has 0 spiro atoms.